The minimum Gasteiger partial charge on any atom is -0.496 e. The van der Waals surface area contributed by atoms with E-state index in [4.69, 9.17) is 14.2 Å². The molecular weight excluding hydrogens is 320 g/mol. The van der Waals surface area contributed by atoms with Crippen LogP contribution in [-0.2, 0) is 0 Å². The summed E-state index contributed by atoms with van der Waals surface area (Å²) in [6.07, 6.45) is 7.75. The highest BCUT2D eigenvalue weighted by Crippen LogP contribution is 2.34. The van der Waals surface area contributed by atoms with E-state index < -0.39 is 0 Å². The maximum absolute atomic E-state index is 12.5. The molecule has 0 heterocycles. The van der Waals surface area contributed by atoms with Gasteiger partial charge in [-0.2, -0.15) is 0 Å². The molecular formula is C19H30N2O4. The van der Waals surface area contributed by atoms with Gasteiger partial charge in [-0.15, -0.1) is 0 Å². The van der Waals surface area contributed by atoms with Crippen LogP contribution >= 0.6 is 0 Å². The minimum absolute atomic E-state index is 0.180. The number of nitrogens with one attached hydrogen (secondary N) is 2. The third kappa shape index (κ3) is 5.53. The smallest absolute Gasteiger partial charge is 0.255 e. The normalized spacial score (nSPS) is 15.3. The number of hydrogen-bond acceptors (Lipinski definition) is 5. The van der Waals surface area contributed by atoms with Gasteiger partial charge in [0.05, 0.1) is 26.9 Å². The molecule has 0 atom stereocenters. The number of carbonyl (C=O) groups is 1. The molecule has 1 fully saturated rings. The van der Waals surface area contributed by atoms with E-state index >= 15 is 0 Å². The fourth-order valence-electron chi connectivity index (χ4n) is 3.24. The van der Waals surface area contributed by atoms with Gasteiger partial charge in [0.25, 0.3) is 5.91 Å². The molecule has 0 unspecified atom stereocenters. The van der Waals surface area contributed by atoms with Crippen molar-refractivity contribution in [3.8, 4) is 17.2 Å². The fourth-order valence-corrected chi connectivity index (χ4v) is 3.24. The van der Waals surface area contributed by atoms with Crippen LogP contribution in [-0.4, -0.2) is 46.4 Å². The maximum atomic E-state index is 12.5. The second-order valence-corrected chi connectivity index (χ2v) is 6.31. The Kier molecular flexibility index (Phi) is 7.85. The van der Waals surface area contributed by atoms with E-state index in [0.29, 0.717) is 35.4 Å². The van der Waals surface area contributed by atoms with Crippen molar-refractivity contribution in [3.05, 3.63) is 17.7 Å². The number of benzene rings is 1. The van der Waals surface area contributed by atoms with Crippen LogP contribution in [0.2, 0.25) is 0 Å². The van der Waals surface area contributed by atoms with Gasteiger partial charge in [-0.05, 0) is 12.8 Å². The first kappa shape index (κ1) is 19.4. The molecule has 1 aliphatic carbocycles. The van der Waals surface area contributed by atoms with Crippen LogP contribution in [0, 0.1) is 0 Å². The van der Waals surface area contributed by atoms with E-state index in [1.165, 1.54) is 45.6 Å². The van der Waals surface area contributed by atoms with Gasteiger partial charge < -0.3 is 24.8 Å². The van der Waals surface area contributed by atoms with Crippen LogP contribution in [0.4, 0.5) is 0 Å². The molecule has 0 radical (unpaired) electrons. The second kappa shape index (κ2) is 10.1. The third-order valence-corrected chi connectivity index (χ3v) is 4.65. The van der Waals surface area contributed by atoms with Gasteiger partial charge in [0, 0.05) is 31.3 Å². The van der Waals surface area contributed by atoms with Gasteiger partial charge in [-0.25, -0.2) is 0 Å². The lowest BCUT2D eigenvalue weighted by molar-refractivity contribution is 0.0950. The van der Waals surface area contributed by atoms with Crippen LogP contribution in [0.3, 0.4) is 0 Å². The molecule has 0 saturated heterocycles. The Labute approximate surface area is 150 Å². The molecule has 140 valence electrons. The monoisotopic (exact) mass is 350 g/mol. The molecule has 2 rings (SSSR count). The van der Waals surface area contributed by atoms with Crippen LogP contribution in [0.15, 0.2) is 12.1 Å². The van der Waals surface area contributed by atoms with Crippen molar-refractivity contribution in [1.82, 2.24) is 10.6 Å². The maximum Gasteiger partial charge on any atom is 0.255 e. The molecule has 0 bridgehead atoms. The van der Waals surface area contributed by atoms with Crippen molar-refractivity contribution in [2.24, 2.45) is 0 Å². The highest BCUT2D eigenvalue weighted by molar-refractivity contribution is 5.97. The van der Waals surface area contributed by atoms with Gasteiger partial charge in [0.2, 0.25) is 0 Å². The van der Waals surface area contributed by atoms with E-state index in [9.17, 15) is 4.79 Å². The molecule has 1 aliphatic rings. The first-order valence-electron chi connectivity index (χ1n) is 9.01. The van der Waals surface area contributed by atoms with Crippen molar-refractivity contribution in [2.45, 2.75) is 44.6 Å². The van der Waals surface area contributed by atoms with Crippen molar-refractivity contribution in [1.29, 1.82) is 0 Å². The Hall–Kier alpha value is -1.95. The SMILES string of the molecule is COc1cc(OC)c(C(=O)NCCNC2CCCCCC2)cc1OC. The lowest BCUT2D eigenvalue weighted by Gasteiger charge is -2.17. The zero-order chi connectivity index (χ0) is 18.1. The minimum atomic E-state index is -0.180. The van der Waals surface area contributed by atoms with Gasteiger partial charge in [-0.1, -0.05) is 25.7 Å². The van der Waals surface area contributed by atoms with Crippen LogP contribution in [0.1, 0.15) is 48.9 Å². The van der Waals surface area contributed by atoms with E-state index in [0.717, 1.165) is 6.54 Å². The topological polar surface area (TPSA) is 68.8 Å². The number of ether oxygens (including phenoxy) is 3. The van der Waals surface area contributed by atoms with Crippen molar-refractivity contribution >= 4 is 5.91 Å². The average Bonchev–Trinajstić information content (AvgIpc) is 2.92. The largest absolute Gasteiger partial charge is 0.496 e. The Balaban J connectivity index is 1.89. The highest BCUT2D eigenvalue weighted by Gasteiger charge is 2.17. The standard InChI is InChI=1S/C19H30N2O4/c1-23-16-13-18(25-3)17(24-2)12-15(16)19(22)21-11-10-20-14-8-6-4-5-7-9-14/h12-14,20H,4-11H2,1-3H3,(H,21,22). The van der Waals surface area contributed by atoms with Gasteiger partial charge in [0.1, 0.15) is 5.75 Å². The lowest BCUT2D eigenvalue weighted by Crippen LogP contribution is -2.37. The summed E-state index contributed by atoms with van der Waals surface area (Å²) in [7, 11) is 4.63. The number of carbonyl (C=O) groups excluding carboxylic acids is 1. The van der Waals surface area contributed by atoms with Crippen molar-refractivity contribution in [2.75, 3.05) is 34.4 Å². The molecule has 6 nitrogen and oxygen atoms in total. The van der Waals surface area contributed by atoms with Crippen LogP contribution < -0.4 is 24.8 Å². The van der Waals surface area contributed by atoms with E-state index in [1.807, 2.05) is 0 Å². The first-order valence-corrected chi connectivity index (χ1v) is 9.01. The average molecular weight is 350 g/mol. The molecule has 1 amide bonds. The molecule has 1 saturated carbocycles. The number of methoxy groups -OCH3 is 3. The summed E-state index contributed by atoms with van der Waals surface area (Å²) in [6, 6.07) is 3.89. The summed E-state index contributed by atoms with van der Waals surface area (Å²) < 4.78 is 15.8. The number of hydrogen-bond donors (Lipinski definition) is 2. The van der Waals surface area contributed by atoms with Gasteiger partial charge >= 0.3 is 0 Å². The Morgan fingerprint density at radius 1 is 0.920 bits per heavy atom. The zero-order valence-electron chi connectivity index (χ0n) is 15.5. The van der Waals surface area contributed by atoms with Gasteiger partial charge in [-0.3, -0.25) is 4.79 Å². The zero-order valence-corrected chi connectivity index (χ0v) is 15.5. The molecule has 0 aromatic heterocycles. The van der Waals surface area contributed by atoms with Crippen molar-refractivity contribution < 1.29 is 19.0 Å². The number of rotatable bonds is 8. The van der Waals surface area contributed by atoms with Crippen molar-refractivity contribution in [3.63, 3.8) is 0 Å². The third-order valence-electron chi connectivity index (χ3n) is 4.65. The molecule has 1 aromatic rings. The summed E-state index contributed by atoms with van der Waals surface area (Å²) in [5.74, 6) is 1.32. The lowest BCUT2D eigenvalue weighted by atomic mass is 10.1. The summed E-state index contributed by atoms with van der Waals surface area (Å²) >= 11 is 0. The quantitative estimate of drug-likeness (QED) is 0.557. The Morgan fingerprint density at radius 3 is 2.12 bits per heavy atom. The van der Waals surface area contributed by atoms with Gasteiger partial charge in [0.15, 0.2) is 11.5 Å². The summed E-state index contributed by atoms with van der Waals surface area (Å²) in [4.78, 5) is 12.5. The summed E-state index contributed by atoms with van der Waals surface area (Å²) in [5.41, 5.74) is 0.439. The van der Waals surface area contributed by atoms with Crippen LogP contribution in [0.5, 0.6) is 17.2 Å². The molecule has 2 N–H and O–H groups in total. The molecule has 0 spiro atoms. The molecule has 0 aliphatic heterocycles. The Morgan fingerprint density at radius 2 is 1.52 bits per heavy atom. The van der Waals surface area contributed by atoms with E-state index in [-0.39, 0.29) is 5.91 Å². The predicted molar refractivity (Wildman–Crippen MR) is 97.9 cm³/mol. The summed E-state index contributed by atoms with van der Waals surface area (Å²) in [6.45, 7) is 1.35. The Bertz CT molecular complexity index is 555. The van der Waals surface area contributed by atoms with E-state index in [2.05, 4.69) is 10.6 Å². The number of amides is 1. The van der Waals surface area contributed by atoms with E-state index in [1.54, 1.807) is 26.4 Å². The first-order chi connectivity index (χ1) is 12.2. The molecule has 6 heteroatoms. The highest BCUT2D eigenvalue weighted by atomic mass is 16.5. The predicted octanol–water partition coefficient (Wildman–Crippen LogP) is 2.75. The fraction of sp³-hybridized carbons (Fsp3) is 0.632. The summed E-state index contributed by atoms with van der Waals surface area (Å²) in [5, 5.41) is 6.49. The molecule has 25 heavy (non-hydrogen) atoms. The molecule has 1 aromatic carbocycles. The van der Waals surface area contributed by atoms with Crippen LogP contribution in [0.25, 0.3) is 0 Å². The second-order valence-electron chi connectivity index (χ2n) is 6.31.